The molecule has 1 unspecified atom stereocenters. The average Bonchev–Trinajstić information content (AvgIpc) is 2.83. The number of benzene rings is 2. The minimum absolute atomic E-state index is 0.726. The van der Waals surface area contributed by atoms with Gasteiger partial charge in [0.25, 0.3) is 0 Å². The fourth-order valence-electron chi connectivity index (χ4n) is 2.34. The van der Waals surface area contributed by atoms with E-state index in [0.717, 1.165) is 5.25 Å². The van der Waals surface area contributed by atoms with E-state index in [0.29, 0.717) is 0 Å². The summed E-state index contributed by atoms with van der Waals surface area (Å²) in [5, 5.41) is 0.726. The van der Waals surface area contributed by atoms with E-state index in [9.17, 15) is 0 Å². The fraction of sp³-hybridized carbons (Fsp3) is 0.294. The van der Waals surface area contributed by atoms with Crippen LogP contribution in [0.25, 0.3) is 0 Å². The van der Waals surface area contributed by atoms with E-state index in [1.165, 1.54) is 38.7 Å². The molecule has 0 N–H and O–H groups in total. The van der Waals surface area contributed by atoms with Gasteiger partial charge < -0.3 is 0 Å². The molecule has 98 valence electrons. The largest absolute Gasteiger partial charge is 0.125 e. The van der Waals surface area contributed by atoms with Gasteiger partial charge in [0.1, 0.15) is 0 Å². The third-order valence-corrected chi connectivity index (χ3v) is 6.31. The molecule has 0 saturated heterocycles. The highest BCUT2D eigenvalue weighted by Gasteiger charge is 2.21. The first kappa shape index (κ1) is 13.1. The summed E-state index contributed by atoms with van der Waals surface area (Å²) in [4.78, 5) is 2.88. The summed E-state index contributed by atoms with van der Waals surface area (Å²) in [6.45, 7) is 4.37. The Morgan fingerprint density at radius 1 is 1.11 bits per heavy atom. The Morgan fingerprint density at radius 2 is 1.95 bits per heavy atom. The first-order valence-corrected chi connectivity index (χ1v) is 8.53. The van der Waals surface area contributed by atoms with Crippen molar-refractivity contribution in [3.05, 3.63) is 59.2 Å². The Kier molecular flexibility index (Phi) is 3.90. The lowest BCUT2D eigenvalue weighted by Crippen LogP contribution is -2.03. The van der Waals surface area contributed by atoms with Crippen LogP contribution in [0, 0.1) is 13.8 Å². The van der Waals surface area contributed by atoms with Gasteiger partial charge in [-0.3, -0.25) is 0 Å². The number of aryl methyl sites for hydroxylation is 2. The van der Waals surface area contributed by atoms with Gasteiger partial charge in [-0.1, -0.05) is 24.3 Å². The topological polar surface area (TPSA) is 0 Å². The van der Waals surface area contributed by atoms with Crippen molar-refractivity contribution in [2.24, 2.45) is 0 Å². The van der Waals surface area contributed by atoms with Gasteiger partial charge in [0.15, 0.2) is 0 Å². The molecule has 2 heteroatoms. The number of rotatable bonds is 3. The lowest BCUT2D eigenvalue weighted by molar-refractivity contribution is 0.970. The van der Waals surface area contributed by atoms with Crippen LogP contribution in [0.2, 0.25) is 0 Å². The fourth-order valence-corrected chi connectivity index (χ4v) is 4.82. The summed E-state index contributed by atoms with van der Waals surface area (Å²) in [6, 6.07) is 15.6. The first-order chi connectivity index (χ1) is 9.22. The van der Waals surface area contributed by atoms with Gasteiger partial charge in [0, 0.05) is 20.8 Å². The standard InChI is InChI=1S/C17H18S2/c1-12-7-8-15(9-13(12)2)18-11-16-10-14-5-3-4-6-17(14)19-16/h3-9,16H,10-11H2,1-2H3. The maximum absolute atomic E-state index is 2.31. The highest BCUT2D eigenvalue weighted by Crippen LogP contribution is 2.39. The Balaban J connectivity index is 1.61. The van der Waals surface area contributed by atoms with Crippen LogP contribution in [0.3, 0.4) is 0 Å². The number of hydrogen-bond acceptors (Lipinski definition) is 2. The Morgan fingerprint density at radius 3 is 2.74 bits per heavy atom. The molecule has 1 heterocycles. The highest BCUT2D eigenvalue weighted by molar-refractivity contribution is 8.03. The van der Waals surface area contributed by atoms with Crippen molar-refractivity contribution < 1.29 is 0 Å². The van der Waals surface area contributed by atoms with Crippen LogP contribution in [0.1, 0.15) is 16.7 Å². The number of fused-ring (bicyclic) bond motifs is 1. The zero-order chi connectivity index (χ0) is 13.2. The van der Waals surface area contributed by atoms with Crippen molar-refractivity contribution >= 4 is 23.5 Å². The van der Waals surface area contributed by atoms with Crippen LogP contribution in [-0.4, -0.2) is 11.0 Å². The van der Waals surface area contributed by atoms with E-state index in [4.69, 9.17) is 0 Å². The van der Waals surface area contributed by atoms with Gasteiger partial charge in [-0.15, -0.1) is 23.5 Å². The molecular weight excluding hydrogens is 268 g/mol. The quantitative estimate of drug-likeness (QED) is 0.719. The van der Waals surface area contributed by atoms with Gasteiger partial charge in [0.2, 0.25) is 0 Å². The van der Waals surface area contributed by atoms with Crippen molar-refractivity contribution in [1.82, 2.24) is 0 Å². The Hall–Kier alpha value is -0.860. The van der Waals surface area contributed by atoms with Crippen LogP contribution < -0.4 is 0 Å². The SMILES string of the molecule is Cc1ccc(SCC2Cc3ccccc3S2)cc1C. The molecule has 0 radical (unpaired) electrons. The van der Waals surface area contributed by atoms with Crippen molar-refractivity contribution in [1.29, 1.82) is 0 Å². The Bertz CT molecular complexity index is 565. The van der Waals surface area contributed by atoms with E-state index in [1.807, 2.05) is 23.5 Å². The molecule has 0 spiro atoms. The molecule has 1 aliphatic rings. The van der Waals surface area contributed by atoms with Gasteiger partial charge in [0.05, 0.1) is 0 Å². The zero-order valence-corrected chi connectivity index (χ0v) is 13.0. The lowest BCUT2D eigenvalue weighted by atomic mass is 10.1. The number of thioether (sulfide) groups is 2. The molecule has 0 amide bonds. The Labute approximate surface area is 124 Å². The van der Waals surface area contributed by atoms with Crippen LogP contribution in [0.15, 0.2) is 52.3 Å². The first-order valence-electron chi connectivity index (χ1n) is 6.67. The summed E-state index contributed by atoms with van der Waals surface area (Å²) in [5.41, 5.74) is 4.30. The molecule has 0 aromatic heterocycles. The summed E-state index contributed by atoms with van der Waals surface area (Å²) >= 11 is 4.03. The molecule has 0 fully saturated rings. The van der Waals surface area contributed by atoms with Crippen LogP contribution >= 0.6 is 23.5 Å². The molecule has 0 aliphatic carbocycles. The van der Waals surface area contributed by atoms with Gasteiger partial charge in [-0.25, -0.2) is 0 Å². The average molecular weight is 286 g/mol. The molecule has 2 aromatic carbocycles. The molecule has 0 saturated carbocycles. The maximum Gasteiger partial charge on any atom is 0.0229 e. The van der Waals surface area contributed by atoms with Crippen LogP contribution in [0.4, 0.5) is 0 Å². The summed E-state index contributed by atoms with van der Waals surface area (Å²) < 4.78 is 0. The molecule has 0 nitrogen and oxygen atoms in total. The molecule has 1 atom stereocenters. The van der Waals surface area contributed by atoms with E-state index in [1.54, 1.807) is 0 Å². The van der Waals surface area contributed by atoms with Crippen LogP contribution in [0.5, 0.6) is 0 Å². The highest BCUT2D eigenvalue weighted by atomic mass is 32.2. The minimum atomic E-state index is 0.726. The number of hydrogen-bond donors (Lipinski definition) is 0. The third-order valence-electron chi connectivity index (χ3n) is 3.63. The lowest BCUT2D eigenvalue weighted by Gasteiger charge is -2.09. The molecule has 19 heavy (non-hydrogen) atoms. The van der Waals surface area contributed by atoms with E-state index in [2.05, 4.69) is 56.3 Å². The van der Waals surface area contributed by atoms with E-state index < -0.39 is 0 Å². The molecule has 1 aliphatic heterocycles. The normalized spacial score (nSPS) is 17.5. The van der Waals surface area contributed by atoms with Gasteiger partial charge >= 0.3 is 0 Å². The molecule has 0 bridgehead atoms. The van der Waals surface area contributed by atoms with Crippen molar-refractivity contribution in [2.75, 3.05) is 5.75 Å². The second-order valence-electron chi connectivity index (χ2n) is 5.11. The predicted octanol–water partition coefficient (Wildman–Crippen LogP) is 5.11. The van der Waals surface area contributed by atoms with E-state index >= 15 is 0 Å². The predicted molar refractivity (Wildman–Crippen MR) is 86.4 cm³/mol. The summed E-state index contributed by atoms with van der Waals surface area (Å²) in [7, 11) is 0. The van der Waals surface area contributed by atoms with Crippen molar-refractivity contribution in [3.8, 4) is 0 Å². The second kappa shape index (κ2) is 5.64. The summed E-state index contributed by atoms with van der Waals surface area (Å²) in [6.07, 6.45) is 1.22. The second-order valence-corrected chi connectivity index (χ2v) is 7.54. The third kappa shape index (κ3) is 3.01. The van der Waals surface area contributed by atoms with Crippen molar-refractivity contribution in [2.45, 2.75) is 35.3 Å². The molecule has 2 aromatic rings. The summed E-state index contributed by atoms with van der Waals surface area (Å²) in [5.74, 6) is 1.20. The molecule has 3 rings (SSSR count). The zero-order valence-electron chi connectivity index (χ0n) is 11.3. The van der Waals surface area contributed by atoms with Gasteiger partial charge in [-0.05, 0) is 55.2 Å². The molecular formula is C17H18S2. The smallest absolute Gasteiger partial charge is 0.0229 e. The minimum Gasteiger partial charge on any atom is -0.125 e. The van der Waals surface area contributed by atoms with Crippen LogP contribution in [-0.2, 0) is 6.42 Å². The van der Waals surface area contributed by atoms with E-state index in [-0.39, 0.29) is 0 Å². The van der Waals surface area contributed by atoms with Gasteiger partial charge in [-0.2, -0.15) is 0 Å². The monoisotopic (exact) mass is 286 g/mol. The maximum atomic E-state index is 2.31. The van der Waals surface area contributed by atoms with Crippen molar-refractivity contribution in [3.63, 3.8) is 0 Å².